The summed E-state index contributed by atoms with van der Waals surface area (Å²) in [6.45, 7) is 2.14. The van der Waals surface area contributed by atoms with Gasteiger partial charge >= 0.3 is 5.97 Å². The van der Waals surface area contributed by atoms with Crippen LogP contribution in [0.2, 0.25) is 0 Å². The Labute approximate surface area is 96.1 Å². The number of hydrogen-bond acceptors (Lipinski definition) is 2. The second-order valence-electron chi connectivity index (χ2n) is 3.79. The second kappa shape index (κ2) is 6.16. The number of ether oxygens (including phenoxy) is 1. The SMILES string of the molecule is CCCCCc1cc(C(=O)O)ccc1OC. The van der Waals surface area contributed by atoms with Gasteiger partial charge in [0.1, 0.15) is 5.75 Å². The molecule has 3 nitrogen and oxygen atoms in total. The molecule has 0 radical (unpaired) electrons. The molecule has 1 aromatic carbocycles. The third kappa shape index (κ3) is 3.26. The summed E-state index contributed by atoms with van der Waals surface area (Å²) >= 11 is 0. The fraction of sp³-hybridized carbons (Fsp3) is 0.462. The molecule has 0 atom stereocenters. The summed E-state index contributed by atoms with van der Waals surface area (Å²) in [6, 6.07) is 5.01. The van der Waals surface area contributed by atoms with E-state index < -0.39 is 5.97 Å². The first-order chi connectivity index (χ1) is 7.69. The van der Waals surface area contributed by atoms with Gasteiger partial charge in [-0.1, -0.05) is 19.8 Å². The van der Waals surface area contributed by atoms with E-state index in [1.165, 1.54) is 0 Å². The van der Waals surface area contributed by atoms with E-state index in [1.54, 1.807) is 25.3 Å². The van der Waals surface area contributed by atoms with Crippen LogP contribution in [0.3, 0.4) is 0 Å². The standard InChI is InChI=1S/C13H18O3/c1-3-4-5-6-10-9-11(13(14)15)7-8-12(10)16-2/h7-9H,3-6H2,1-2H3,(H,14,15). The lowest BCUT2D eigenvalue weighted by Gasteiger charge is -2.09. The predicted molar refractivity (Wildman–Crippen MR) is 63.2 cm³/mol. The Kier molecular flexibility index (Phi) is 4.83. The van der Waals surface area contributed by atoms with Gasteiger partial charge in [0.2, 0.25) is 0 Å². The highest BCUT2D eigenvalue weighted by molar-refractivity contribution is 5.88. The fourth-order valence-corrected chi connectivity index (χ4v) is 1.67. The monoisotopic (exact) mass is 222 g/mol. The van der Waals surface area contributed by atoms with E-state index in [1.807, 2.05) is 0 Å². The molecule has 0 amide bonds. The van der Waals surface area contributed by atoms with Crippen LogP contribution in [0.25, 0.3) is 0 Å². The molecule has 0 aliphatic heterocycles. The summed E-state index contributed by atoms with van der Waals surface area (Å²) in [5, 5.41) is 8.90. The van der Waals surface area contributed by atoms with Gasteiger partial charge in [0.05, 0.1) is 12.7 Å². The zero-order chi connectivity index (χ0) is 12.0. The molecule has 0 heterocycles. The van der Waals surface area contributed by atoms with Crippen LogP contribution in [-0.2, 0) is 6.42 Å². The molecule has 1 rings (SSSR count). The number of carboxylic acids is 1. The Morgan fingerprint density at radius 2 is 2.12 bits per heavy atom. The van der Waals surface area contributed by atoms with Gasteiger partial charge in [0.25, 0.3) is 0 Å². The Bertz CT molecular complexity index is 358. The van der Waals surface area contributed by atoms with E-state index >= 15 is 0 Å². The van der Waals surface area contributed by atoms with Crippen LogP contribution >= 0.6 is 0 Å². The van der Waals surface area contributed by atoms with Gasteiger partial charge in [-0.25, -0.2) is 4.79 Å². The van der Waals surface area contributed by atoms with Gasteiger partial charge in [-0.3, -0.25) is 0 Å². The number of hydrogen-bond donors (Lipinski definition) is 1. The topological polar surface area (TPSA) is 46.5 Å². The first-order valence-corrected chi connectivity index (χ1v) is 5.59. The molecule has 3 heteroatoms. The average Bonchev–Trinajstić information content (AvgIpc) is 2.29. The molecule has 0 bridgehead atoms. The van der Waals surface area contributed by atoms with E-state index in [2.05, 4.69) is 6.92 Å². The molecule has 0 spiro atoms. The molecule has 16 heavy (non-hydrogen) atoms. The Balaban J connectivity index is 2.84. The van der Waals surface area contributed by atoms with Gasteiger partial charge in [-0.15, -0.1) is 0 Å². The van der Waals surface area contributed by atoms with E-state index in [0.29, 0.717) is 5.56 Å². The van der Waals surface area contributed by atoms with Crippen molar-refractivity contribution in [1.82, 2.24) is 0 Å². The van der Waals surface area contributed by atoms with Crippen molar-refractivity contribution in [2.75, 3.05) is 7.11 Å². The van der Waals surface area contributed by atoms with E-state index in [-0.39, 0.29) is 0 Å². The van der Waals surface area contributed by atoms with Crippen LogP contribution in [0.4, 0.5) is 0 Å². The minimum atomic E-state index is -0.889. The molecular formula is C13H18O3. The van der Waals surface area contributed by atoms with Crippen molar-refractivity contribution in [3.63, 3.8) is 0 Å². The van der Waals surface area contributed by atoms with Gasteiger partial charge in [0, 0.05) is 0 Å². The lowest BCUT2D eigenvalue weighted by Crippen LogP contribution is -2.00. The lowest BCUT2D eigenvalue weighted by molar-refractivity contribution is 0.0696. The molecule has 1 aromatic rings. The van der Waals surface area contributed by atoms with Crippen molar-refractivity contribution in [1.29, 1.82) is 0 Å². The van der Waals surface area contributed by atoms with Crippen molar-refractivity contribution >= 4 is 5.97 Å². The Hall–Kier alpha value is -1.51. The zero-order valence-corrected chi connectivity index (χ0v) is 9.82. The molecule has 0 aliphatic carbocycles. The molecule has 0 unspecified atom stereocenters. The van der Waals surface area contributed by atoms with E-state index in [9.17, 15) is 4.79 Å². The number of benzene rings is 1. The molecular weight excluding hydrogens is 204 g/mol. The van der Waals surface area contributed by atoms with Crippen molar-refractivity contribution in [2.24, 2.45) is 0 Å². The number of carbonyl (C=O) groups is 1. The second-order valence-corrected chi connectivity index (χ2v) is 3.79. The lowest BCUT2D eigenvalue weighted by atomic mass is 10.0. The highest BCUT2D eigenvalue weighted by atomic mass is 16.5. The first kappa shape index (κ1) is 12.6. The molecule has 0 fully saturated rings. The van der Waals surface area contributed by atoms with Crippen LogP contribution in [0.5, 0.6) is 5.75 Å². The third-order valence-corrected chi connectivity index (χ3v) is 2.58. The number of rotatable bonds is 6. The fourth-order valence-electron chi connectivity index (χ4n) is 1.67. The van der Waals surface area contributed by atoms with Crippen LogP contribution in [0.1, 0.15) is 42.1 Å². The summed E-state index contributed by atoms with van der Waals surface area (Å²) in [7, 11) is 1.61. The molecule has 0 saturated carbocycles. The summed E-state index contributed by atoms with van der Waals surface area (Å²) in [5.74, 6) is -0.111. The first-order valence-electron chi connectivity index (χ1n) is 5.59. The van der Waals surface area contributed by atoms with Gasteiger partial charge in [-0.2, -0.15) is 0 Å². The van der Waals surface area contributed by atoms with Crippen molar-refractivity contribution < 1.29 is 14.6 Å². The number of methoxy groups -OCH3 is 1. The number of aromatic carboxylic acids is 1. The maximum Gasteiger partial charge on any atom is 0.335 e. The molecule has 0 aliphatic rings. The van der Waals surface area contributed by atoms with Crippen molar-refractivity contribution in [3.05, 3.63) is 29.3 Å². The van der Waals surface area contributed by atoms with Crippen LogP contribution in [0.15, 0.2) is 18.2 Å². The highest BCUT2D eigenvalue weighted by Crippen LogP contribution is 2.22. The van der Waals surface area contributed by atoms with E-state index in [0.717, 1.165) is 37.0 Å². The molecule has 0 saturated heterocycles. The smallest absolute Gasteiger partial charge is 0.335 e. The minimum Gasteiger partial charge on any atom is -0.496 e. The van der Waals surface area contributed by atoms with E-state index in [4.69, 9.17) is 9.84 Å². The predicted octanol–water partition coefficient (Wildman–Crippen LogP) is 3.13. The maximum atomic E-state index is 10.8. The highest BCUT2D eigenvalue weighted by Gasteiger charge is 2.08. The number of unbranched alkanes of at least 4 members (excludes halogenated alkanes) is 2. The zero-order valence-electron chi connectivity index (χ0n) is 9.82. The average molecular weight is 222 g/mol. The van der Waals surface area contributed by atoms with Crippen molar-refractivity contribution in [2.45, 2.75) is 32.6 Å². The molecule has 1 N–H and O–H groups in total. The quantitative estimate of drug-likeness (QED) is 0.752. The normalized spacial score (nSPS) is 10.1. The largest absolute Gasteiger partial charge is 0.496 e. The summed E-state index contributed by atoms with van der Waals surface area (Å²) in [6.07, 6.45) is 4.25. The summed E-state index contributed by atoms with van der Waals surface area (Å²) in [4.78, 5) is 10.8. The molecule has 0 aromatic heterocycles. The Morgan fingerprint density at radius 3 is 2.69 bits per heavy atom. The minimum absolute atomic E-state index is 0.326. The summed E-state index contributed by atoms with van der Waals surface area (Å²) < 4.78 is 5.22. The van der Waals surface area contributed by atoms with Gasteiger partial charge < -0.3 is 9.84 Å². The van der Waals surface area contributed by atoms with Crippen LogP contribution in [-0.4, -0.2) is 18.2 Å². The van der Waals surface area contributed by atoms with Gasteiger partial charge in [0.15, 0.2) is 0 Å². The Morgan fingerprint density at radius 1 is 1.38 bits per heavy atom. The van der Waals surface area contributed by atoms with Crippen LogP contribution < -0.4 is 4.74 Å². The third-order valence-electron chi connectivity index (χ3n) is 2.58. The van der Waals surface area contributed by atoms with Crippen molar-refractivity contribution in [3.8, 4) is 5.75 Å². The number of carboxylic acid groups (broad SMARTS) is 1. The molecule has 88 valence electrons. The van der Waals surface area contributed by atoms with Gasteiger partial charge in [-0.05, 0) is 36.6 Å². The van der Waals surface area contributed by atoms with Crippen LogP contribution in [0, 0.1) is 0 Å². The number of aryl methyl sites for hydroxylation is 1. The maximum absolute atomic E-state index is 10.8. The summed E-state index contributed by atoms with van der Waals surface area (Å²) in [5.41, 5.74) is 1.31.